The van der Waals surface area contributed by atoms with Crippen molar-refractivity contribution in [2.75, 3.05) is 14.2 Å². The topological polar surface area (TPSA) is 35.5 Å². The second kappa shape index (κ2) is 4.13. The Morgan fingerprint density at radius 3 is 2.14 bits per heavy atom. The highest BCUT2D eigenvalue weighted by molar-refractivity contribution is 5.82. The summed E-state index contributed by atoms with van der Waals surface area (Å²) in [6.45, 7) is 3.77. The molecule has 0 spiro atoms. The molecule has 0 atom stereocenters. The third-order valence-corrected chi connectivity index (χ3v) is 2.21. The van der Waals surface area contributed by atoms with Gasteiger partial charge in [0.15, 0.2) is 6.29 Å². The highest BCUT2D eigenvalue weighted by atomic mass is 16.5. The van der Waals surface area contributed by atoms with E-state index in [1.807, 2.05) is 13.8 Å². The highest BCUT2D eigenvalue weighted by Crippen LogP contribution is 2.33. The molecule has 0 bridgehead atoms. The molecule has 14 heavy (non-hydrogen) atoms. The van der Waals surface area contributed by atoms with E-state index in [1.54, 1.807) is 20.3 Å². The van der Waals surface area contributed by atoms with Crippen molar-refractivity contribution in [3.8, 4) is 11.5 Å². The molecule has 76 valence electrons. The summed E-state index contributed by atoms with van der Waals surface area (Å²) in [5.74, 6) is 1.36. The van der Waals surface area contributed by atoms with Crippen LogP contribution in [0.2, 0.25) is 0 Å². The maximum Gasteiger partial charge on any atom is 0.153 e. The van der Waals surface area contributed by atoms with Crippen molar-refractivity contribution in [1.82, 2.24) is 0 Å². The minimum absolute atomic E-state index is 0.559. The highest BCUT2D eigenvalue weighted by Gasteiger charge is 2.13. The lowest BCUT2D eigenvalue weighted by Gasteiger charge is -2.14. The van der Waals surface area contributed by atoms with Crippen LogP contribution in [-0.2, 0) is 0 Å². The van der Waals surface area contributed by atoms with E-state index in [0.29, 0.717) is 11.3 Å². The molecule has 0 saturated heterocycles. The fourth-order valence-electron chi connectivity index (χ4n) is 1.65. The summed E-state index contributed by atoms with van der Waals surface area (Å²) in [5, 5.41) is 0. The Labute approximate surface area is 83.6 Å². The number of benzene rings is 1. The van der Waals surface area contributed by atoms with E-state index in [9.17, 15) is 4.79 Å². The average molecular weight is 194 g/mol. The molecule has 0 aliphatic heterocycles. The molecule has 3 heteroatoms. The smallest absolute Gasteiger partial charge is 0.153 e. The van der Waals surface area contributed by atoms with Gasteiger partial charge in [-0.05, 0) is 25.5 Å². The largest absolute Gasteiger partial charge is 0.496 e. The van der Waals surface area contributed by atoms with Gasteiger partial charge in [0.25, 0.3) is 0 Å². The minimum atomic E-state index is 0.559. The lowest BCUT2D eigenvalue weighted by molar-refractivity contribution is 0.112. The molecule has 1 aromatic carbocycles. The zero-order valence-corrected chi connectivity index (χ0v) is 8.88. The minimum Gasteiger partial charge on any atom is -0.496 e. The molecule has 0 aliphatic carbocycles. The molecular weight excluding hydrogens is 180 g/mol. The third-order valence-electron chi connectivity index (χ3n) is 2.21. The predicted octanol–water partition coefficient (Wildman–Crippen LogP) is 2.13. The van der Waals surface area contributed by atoms with Crippen LogP contribution in [0.25, 0.3) is 0 Å². The van der Waals surface area contributed by atoms with E-state index in [0.717, 1.165) is 23.2 Å². The zero-order chi connectivity index (χ0) is 10.7. The van der Waals surface area contributed by atoms with Crippen LogP contribution in [0.5, 0.6) is 11.5 Å². The number of aldehydes is 1. The van der Waals surface area contributed by atoms with E-state index >= 15 is 0 Å². The first-order chi connectivity index (χ1) is 6.65. The summed E-state index contributed by atoms with van der Waals surface area (Å²) >= 11 is 0. The summed E-state index contributed by atoms with van der Waals surface area (Å²) in [6.07, 6.45) is 0.790. The van der Waals surface area contributed by atoms with Gasteiger partial charge in [-0.25, -0.2) is 0 Å². The Morgan fingerprint density at radius 1 is 1.14 bits per heavy atom. The maximum atomic E-state index is 10.8. The molecule has 0 amide bonds. The molecular formula is C11H14O3. The Morgan fingerprint density at radius 2 is 1.71 bits per heavy atom. The molecule has 0 unspecified atom stereocenters. The first kappa shape index (κ1) is 10.6. The Balaban J connectivity index is 3.46. The number of hydrogen-bond acceptors (Lipinski definition) is 3. The van der Waals surface area contributed by atoms with Crippen molar-refractivity contribution >= 4 is 6.29 Å². The Kier molecular flexibility index (Phi) is 3.12. The van der Waals surface area contributed by atoms with Crippen molar-refractivity contribution in [3.63, 3.8) is 0 Å². The van der Waals surface area contributed by atoms with Gasteiger partial charge in [-0.15, -0.1) is 0 Å². The number of carbonyl (C=O) groups is 1. The quantitative estimate of drug-likeness (QED) is 0.691. The number of hydrogen-bond donors (Lipinski definition) is 0. The first-order valence-corrected chi connectivity index (χ1v) is 4.33. The van der Waals surface area contributed by atoms with E-state index in [-0.39, 0.29) is 0 Å². The van der Waals surface area contributed by atoms with Gasteiger partial charge in [0.05, 0.1) is 19.8 Å². The molecule has 1 rings (SSSR count). The SMILES string of the molecule is COc1c(C)cc(C=O)c(OC)c1C. The molecule has 0 radical (unpaired) electrons. The van der Waals surface area contributed by atoms with Crippen molar-refractivity contribution in [2.45, 2.75) is 13.8 Å². The van der Waals surface area contributed by atoms with Gasteiger partial charge >= 0.3 is 0 Å². The fourth-order valence-corrected chi connectivity index (χ4v) is 1.65. The first-order valence-electron chi connectivity index (χ1n) is 4.33. The second-order valence-electron chi connectivity index (χ2n) is 3.09. The number of carbonyl (C=O) groups excluding carboxylic acids is 1. The molecule has 0 fully saturated rings. The monoisotopic (exact) mass is 194 g/mol. The van der Waals surface area contributed by atoms with Gasteiger partial charge in [-0.1, -0.05) is 0 Å². The van der Waals surface area contributed by atoms with Crippen molar-refractivity contribution in [2.24, 2.45) is 0 Å². The lowest BCUT2D eigenvalue weighted by Crippen LogP contribution is -1.99. The molecule has 0 aliphatic rings. The number of aryl methyl sites for hydroxylation is 1. The number of methoxy groups -OCH3 is 2. The zero-order valence-electron chi connectivity index (χ0n) is 8.88. The third kappa shape index (κ3) is 1.58. The fraction of sp³-hybridized carbons (Fsp3) is 0.364. The lowest BCUT2D eigenvalue weighted by atomic mass is 10.0. The van der Waals surface area contributed by atoms with Crippen LogP contribution in [0.3, 0.4) is 0 Å². The number of ether oxygens (including phenoxy) is 2. The number of rotatable bonds is 3. The summed E-state index contributed by atoms with van der Waals surface area (Å²) in [4.78, 5) is 10.8. The van der Waals surface area contributed by atoms with Gasteiger partial charge in [0.1, 0.15) is 11.5 Å². The van der Waals surface area contributed by atoms with Crippen LogP contribution in [-0.4, -0.2) is 20.5 Å². The summed E-state index contributed by atoms with van der Waals surface area (Å²) in [6, 6.07) is 1.76. The maximum absolute atomic E-state index is 10.8. The Hall–Kier alpha value is -1.51. The summed E-state index contributed by atoms with van der Waals surface area (Å²) in [5.41, 5.74) is 2.35. The van der Waals surface area contributed by atoms with Gasteiger partial charge < -0.3 is 9.47 Å². The normalized spacial score (nSPS) is 9.71. The van der Waals surface area contributed by atoms with Gasteiger partial charge in [-0.2, -0.15) is 0 Å². The van der Waals surface area contributed by atoms with Gasteiger partial charge in [0, 0.05) is 5.56 Å². The molecule has 3 nitrogen and oxygen atoms in total. The van der Waals surface area contributed by atoms with Crippen LogP contribution in [0, 0.1) is 13.8 Å². The van der Waals surface area contributed by atoms with Crippen molar-refractivity contribution < 1.29 is 14.3 Å². The Bertz CT molecular complexity index is 356. The van der Waals surface area contributed by atoms with Crippen LogP contribution >= 0.6 is 0 Å². The van der Waals surface area contributed by atoms with E-state index in [4.69, 9.17) is 9.47 Å². The predicted molar refractivity (Wildman–Crippen MR) is 54.4 cm³/mol. The van der Waals surface area contributed by atoms with Gasteiger partial charge in [-0.3, -0.25) is 4.79 Å². The summed E-state index contributed by atoms with van der Waals surface area (Å²) < 4.78 is 10.4. The van der Waals surface area contributed by atoms with Gasteiger partial charge in [0.2, 0.25) is 0 Å². The molecule has 0 N–H and O–H groups in total. The molecule has 0 saturated carbocycles. The van der Waals surface area contributed by atoms with E-state index in [1.165, 1.54) is 0 Å². The van der Waals surface area contributed by atoms with Crippen LogP contribution in [0.15, 0.2) is 6.07 Å². The molecule has 0 aromatic heterocycles. The van der Waals surface area contributed by atoms with Crippen LogP contribution < -0.4 is 9.47 Å². The average Bonchev–Trinajstić information content (AvgIpc) is 2.17. The standard InChI is InChI=1S/C11H14O3/c1-7-5-9(6-12)11(14-4)8(2)10(7)13-3/h5-6H,1-4H3. The molecule has 0 heterocycles. The van der Waals surface area contributed by atoms with Crippen molar-refractivity contribution in [3.05, 3.63) is 22.8 Å². The summed E-state index contributed by atoms with van der Waals surface area (Å²) in [7, 11) is 3.15. The van der Waals surface area contributed by atoms with Crippen LogP contribution in [0.1, 0.15) is 21.5 Å². The van der Waals surface area contributed by atoms with Crippen LogP contribution in [0.4, 0.5) is 0 Å². The second-order valence-corrected chi connectivity index (χ2v) is 3.09. The van der Waals surface area contributed by atoms with E-state index < -0.39 is 0 Å². The van der Waals surface area contributed by atoms with Crippen molar-refractivity contribution in [1.29, 1.82) is 0 Å². The van der Waals surface area contributed by atoms with E-state index in [2.05, 4.69) is 0 Å². The molecule has 1 aromatic rings.